The van der Waals surface area contributed by atoms with Gasteiger partial charge in [0.2, 0.25) is 0 Å². The summed E-state index contributed by atoms with van der Waals surface area (Å²) in [7, 11) is 0. The summed E-state index contributed by atoms with van der Waals surface area (Å²) < 4.78 is 1.86. The van der Waals surface area contributed by atoms with Crippen molar-refractivity contribution >= 4 is 28.8 Å². The van der Waals surface area contributed by atoms with Gasteiger partial charge in [-0.05, 0) is 17.5 Å². The fourth-order valence-electron chi connectivity index (χ4n) is 2.20. The molecular formula is C16H14Cl2N2. The van der Waals surface area contributed by atoms with Crippen LogP contribution in [0.25, 0.3) is 16.9 Å². The molecule has 0 bridgehead atoms. The Bertz CT molecular complexity index is 758. The summed E-state index contributed by atoms with van der Waals surface area (Å²) in [6.07, 6.45) is 3.75. The molecule has 0 aliphatic heterocycles. The van der Waals surface area contributed by atoms with Crippen LogP contribution in [0.4, 0.5) is 0 Å². The van der Waals surface area contributed by atoms with Crippen molar-refractivity contribution in [3.8, 4) is 11.3 Å². The van der Waals surface area contributed by atoms with E-state index in [9.17, 15) is 0 Å². The number of aromatic nitrogens is 2. The van der Waals surface area contributed by atoms with Crippen LogP contribution in [0.5, 0.6) is 0 Å². The second-order valence-corrected chi connectivity index (χ2v) is 5.98. The number of benzene rings is 1. The zero-order valence-corrected chi connectivity index (χ0v) is 12.8. The summed E-state index contributed by atoms with van der Waals surface area (Å²) in [6.45, 7) is 4.36. The molecule has 2 aromatic heterocycles. The van der Waals surface area contributed by atoms with Gasteiger partial charge in [0.05, 0.1) is 15.7 Å². The number of imidazole rings is 1. The van der Waals surface area contributed by atoms with Crippen LogP contribution in [0, 0.1) is 0 Å². The van der Waals surface area contributed by atoms with Crippen LogP contribution in [0.1, 0.15) is 25.3 Å². The first-order chi connectivity index (χ1) is 9.54. The third-order valence-corrected chi connectivity index (χ3v) is 3.83. The summed E-state index contributed by atoms with van der Waals surface area (Å²) in [6, 6.07) is 10.2. The lowest BCUT2D eigenvalue weighted by molar-refractivity contribution is 0.867. The first kappa shape index (κ1) is 13.5. The van der Waals surface area contributed by atoms with Gasteiger partial charge in [0.25, 0.3) is 0 Å². The molecule has 3 aromatic rings. The van der Waals surface area contributed by atoms with Crippen LogP contribution in [-0.2, 0) is 0 Å². The number of fused-ring (bicyclic) bond motifs is 1. The fourth-order valence-corrected chi connectivity index (χ4v) is 2.73. The molecule has 0 fully saturated rings. The van der Waals surface area contributed by atoms with E-state index in [2.05, 4.69) is 43.1 Å². The molecule has 1 aromatic carbocycles. The van der Waals surface area contributed by atoms with E-state index < -0.39 is 0 Å². The SMILES string of the molecule is CC(C)c1ccc(-c2cn3cc(Cl)cc(Cl)c3n2)cc1. The van der Waals surface area contributed by atoms with Crippen molar-refractivity contribution < 1.29 is 0 Å². The molecule has 4 heteroatoms. The van der Waals surface area contributed by atoms with Crippen LogP contribution in [0.3, 0.4) is 0 Å². The molecule has 0 spiro atoms. The second-order valence-electron chi connectivity index (χ2n) is 5.14. The monoisotopic (exact) mass is 304 g/mol. The number of halogens is 2. The lowest BCUT2D eigenvalue weighted by Gasteiger charge is -2.05. The van der Waals surface area contributed by atoms with Gasteiger partial charge in [0.1, 0.15) is 0 Å². The van der Waals surface area contributed by atoms with Gasteiger partial charge in [0.15, 0.2) is 5.65 Å². The quantitative estimate of drug-likeness (QED) is 0.617. The summed E-state index contributed by atoms with van der Waals surface area (Å²) in [5, 5.41) is 1.16. The van der Waals surface area contributed by atoms with E-state index >= 15 is 0 Å². The molecule has 0 aliphatic carbocycles. The molecular weight excluding hydrogens is 291 g/mol. The van der Waals surface area contributed by atoms with Gasteiger partial charge in [0, 0.05) is 18.0 Å². The van der Waals surface area contributed by atoms with E-state index in [1.807, 2.05) is 16.8 Å². The molecule has 0 aliphatic rings. The Morgan fingerprint density at radius 2 is 1.75 bits per heavy atom. The molecule has 0 saturated heterocycles. The molecule has 2 nitrogen and oxygen atoms in total. The highest BCUT2D eigenvalue weighted by molar-refractivity contribution is 6.36. The molecule has 20 heavy (non-hydrogen) atoms. The van der Waals surface area contributed by atoms with E-state index in [1.165, 1.54) is 5.56 Å². The maximum Gasteiger partial charge on any atom is 0.156 e. The smallest absolute Gasteiger partial charge is 0.156 e. The Morgan fingerprint density at radius 3 is 2.40 bits per heavy atom. The average Bonchev–Trinajstić information content (AvgIpc) is 2.83. The maximum absolute atomic E-state index is 6.16. The van der Waals surface area contributed by atoms with Crippen molar-refractivity contribution in [3.63, 3.8) is 0 Å². The van der Waals surface area contributed by atoms with Crippen molar-refractivity contribution in [1.82, 2.24) is 9.38 Å². The van der Waals surface area contributed by atoms with Gasteiger partial charge in [-0.1, -0.05) is 61.3 Å². The van der Waals surface area contributed by atoms with Crippen LogP contribution < -0.4 is 0 Å². The van der Waals surface area contributed by atoms with E-state index in [-0.39, 0.29) is 0 Å². The standard InChI is InChI=1S/C16H14Cl2N2/c1-10(2)11-3-5-12(6-4-11)15-9-20-8-13(17)7-14(18)16(20)19-15/h3-10H,1-2H3. The van der Waals surface area contributed by atoms with Crippen LogP contribution in [-0.4, -0.2) is 9.38 Å². The van der Waals surface area contributed by atoms with Gasteiger partial charge in [-0.15, -0.1) is 0 Å². The van der Waals surface area contributed by atoms with E-state index in [0.29, 0.717) is 16.0 Å². The molecule has 0 radical (unpaired) electrons. The first-order valence-electron chi connectivity index (χ1n) is 6.48. The minimum atomic E-state index is 0.526. The normalized spacial score (nSPS) is 11.4. The molecule has 0 unspecified atom stereocenters. The fraction of sp³-hybridized carbons (Fsp3) is 0.188. The molecule has 0 atom stereocenters. The van der Waals surface area contributed by atoms with E-state index in [0.717, 1.165) is 16.9 Å². The third-order valence-electron chi connectivity index (χ3n) is 3.35. The topological polar surface area (TPSA) is 17.3 Å². The highest BCUT2D eigenvalue weighted by Gasteiger charge is 2.09. The predicted octanol–water partition coefficient (Wildman–Crippen LogP) is 5.43. The van der Waals surface area contributed by atoms with Gasteiger partial charge < -0.3 is 4.40 Å². The number of hydrogen-bond acceptors (Lipinski definition) is 1. The van der Waals surface area contributed by atoms with Gasteiger partial charge in [-0.25, -0.2) is 4.98 Å². The van der Waals surface area contributed by atoms with Crippen LogP contribution in [0.2, 0.25) is 10.0 Å². The average molecular weight is 305 g/mol. The minimum Gasteiger partial charge on any atom is -0.304 e. The van der Waals surface area contributed by atoms with Gasteiger partial charge in [-0.3, -0.25) is 0 Å². The number of hydrogen-bond donors (Lipinski definition) is 0. The highest BCUT2D eigenvalue weighted by Crippen LogP contribution is 2.26. The predicted molar refractivity (Wildman–Crippen MR) is 84.7 cm³/mol. The van der Waals surface area contributed by atoms with Crippen molar-refractivity contribution in [2.24, 2.45) is 0 Å². The maximum atomic E-state index is 6.16. The zero-order chi connectivity index (χ0) is 14.3. The summed E-state index contributed by atoms with van der Waals surface area (Å²) in [5.74, 6) is 0.526. The Balaban J connectivity index is 2.08. The van der Waals surface area contributed by atoms with Crippen molar-refractivity contribution in [1.29, 1.82) is 0 Å². The first-order valence-corrected chi connectivity index (χ1v) is 7.24. The molecule has 2 heterocycles. The molecule has 0 saturated carbocycles. The van der Waals surface area contributed by atoms with Crippen molar-refractivity contribution in [2.75, 3.05) is 0 Å². The number of rotatable bonds is 2. The molecule has 0 amide bonds. The van der Waals surface area contributed by atoms with E-state index in [1.54, 1.807) is 6.07 Å². The Kier molecular flexibility index (Phi) is 3.45. The second kappa shape index (κ2) is 5.12. The van der Waals surface area contributed by atoms with Gasteiger partial charge in [-0.2, -0.15) is 0 Å². The molecule has 102 valence electrons. The molecule has 3 rings (SSSR count). The number of nitrogens with zero attached hydrogens (tertiary/aromatic N) is 2. The lowest BCUT2D eigenvalue weighted by Crippen LogP contribution is -1.86. The van der Waals surface area contributed by atoms with Crippen molar-refractivity contribution in [3.05, 3.63) is 58.3 Å². The summed E-state index contributed by atoms with van der Waals surface area (Å²) in [4.78, 5) is 4.57. The van der Waals surface area contributed by atoms with Gasteiger partial charge >= 0.3 is 0 Å². The van der Waals surface area contributed by atoms with Crippen LogP contribution in [0.15, 0.2) is 42.7 Å². The molecule has 0 N–H and O–H groups in total. The number of pyridine rings is 1. The van der Waals surface area contributed by atoms with E-state index in [4.69, 9.17) is 23.2 Å². The van der Waals surface area contributed by atoms with Crippen molar-refractivity contribution in [2.45, 2.75) is 19.8 Å². The summed E-state index contributed by atoms with van der Waals surface area (Å²) >= 11 is 12.2. The van der Waals surface area contributed by atoms with Crippen LogP contribution >= 0.6 is 23.2 Å². The lowest BCUT2D eigenvalue weighted by atomic mass is 10.0. The Morgan fingerprint density at radius 1 is 1.05 bits per heavy atom. The Labute approximate surface area is 128 Å². The Hall–Kier alpha value is -1.51. The largest absolute Gasteiger partial charge is 0.304 e. The zero-order valence-electron chi connectivity index (χ0n) is 11.3. The third kappa shape index (κ3) is 2.41. The highest BCUT2D eigenvalue weighted by atomic mass is 35.5. The summed E-state index contributed by atoms with van der Waals surface area (Å²) in [5.41, 5.74) is 4.01. The minimum absolute atomic E-state index is 0.526.